The number of rotatable bonds is 6. The molecule has 1 aliphatic heterocycles. The molecule has 1 rings (SSSR count). The molecule has 0 aliphatic carbocycles. The molecule has 94 valence electrons. The Kier molecular flexibility index (Phi) is 6.21. The molecule has 0 amide bonds. The number of hydrogen-bond donors (Lipinski definition) is 0. The van der Waals surface area contributed by atoms with Crippen LogP contribution in [0, 0.1) is 0 Å². The molecule has 0 saturated carbocycles. The fourth-order valence-electron chi connectivity index (χ4n) is 1.86. The molecule has 0 N–H and O–H groups in total. The first kappa shape index (κ1) is 13.8. The van der Waals surface area contributed by atoms with E-state index in [2.05, 4.69) is 13.8 Å². The summed E-state index contributed by atoms with van der Waals surface area (Å²) in [6, 6.07) is 0. The summed E-state index contributed by atoms with van der Waals surface area (Å²) in [6.45, 7) is 5.04. The first-order chi connectivity index (χ1) is 7.69. The average Bonchev–Trinajstić information content (AvgIpc) is 2.69. The molecular weight excluding hydrogens is 224 g/mol. The summed E-state index contributed by atoms with van der Waals surface area (Å²) >= 11 is 1.73. The first-order valence-corrected chi connectivity index (χ1v) is 6.98. The van der Waals surface area contributed by atoms with Crippen molar-refractivity contribution in [1.29, 1.82) is 0 Å². The Morgan fingerprint density at radius 2 is 2.38 bits per heavy atom. The monoisotopic (exact) mass is 246 g/mol. The summed E-state index contributed by atoms with van der Waals surface area (Å²) in [4.78, 5) is 11.6. The number of thioether (sulfide) groups is 1. The maximum Gasteiger partial charge on any atom is 0.318 e. The third-order valence-electron chi connectivity index (χ3n) is 2.93. The minimum Gasteiger partial charge on any atom is -0.468 e. The van der Waals surface area contributed by atoms with Crippen molar-refractivity contribution < 1.29 is 14.3 Å². The Hall–Kier alpha value is -0.220. The second-order valence-electron chi connectivity index (χ2n) is 4.19. The second kappa shape index (κ2) is 7.17. The summed E-state index contributed by atoms with van der Waals surface area (Å²) in [6.07, 6.45) is 4.42. The van der Waals surface area contributed by atoms with Crippen molar-refractivity contribution >= 4 is 17.7 Å². The Morgan fingerprint density at radius 3 is 2.88 bits per heavy atom. The number of unbranched alkanes of at least 4 members (excludes halogenated alkanes) is 1. The van der Waals surface area contributed by atoms with Crippen LogP contribution in [0.3, 0.4) is 0 Å². The molecule has 4 heteroatoms. The van der Waals surface area contributed by atoms with Gasteiger partial charge in [0.05, 0.1) is 13.2 Å². The molecule has 3 atom stereocenters. The lowest BCUT2D eigenvalue weighted by molar-refractivity contribution is -0.140. The van der Waals surface area contributed by atoms with E-state index < -0.39 is 0 Å². The highest BCUT2D eigenvalue weighted by molar-refractivity contribution is 8.01. The van der Waals surface area contributed by atoms with E-state index in [0.717, 1.165) is 32.3 Å². The molecule has 0 aromatic heterocycles. The summed E-state index contributed by atoms with van der Waals surface area (Å²) in [5.74, 6) is -0.0856. The van der Waals surface area contributed by atoms with Crippen LogP contribution in [0.15, 0.2) is 0 Å². The zero-order chi connectivity index (χ0) is 12.0. The smallest absolute Gasteiger partial charge is 0.318 e. The van der Waals surface area contributed by atoms with E-state index in [-0.39, 0.29) is 17.3 Å². The molecule has 0 bridgehead atoms. The molecule has 3 nitrogen and oxygen atoms in total. The first-order valence-electron chi connectivity index (χ1n) is 6.04. The summed E-state index contributed by atoms with van der Waals surface area (Å²) in [5, 5.41) is 0.431. The Bertz CT molecular complexity index is 220. The summed E-state index contributed by atoms with van der Waals surface area (Å²) in [7, 11) is 1.47. The minimum atomic E-state index is -0.0856. The van der Waals surface area contributed by atoms with Crippen molar-refractivity contribution in [1.82, 2.24) is 0 Å². The van der Waals surface area contributed by atoms with Gasteiger partial charge >= 0.3 is 5.97 Å². The predicted octanol–water partition coefficient (Wildman–Crippen LogP) is 2.63. The number of hydrogen-bond acceptors (Lipinski definition) is 4. The Morgan fingerprint density at radius 1 is 1.62 bits per heavy atom. The average molecular weight is 246 g/mol. The lowest BCUT2D eigenvalue weighted by Crippen LogP contribution is -2.25. The standard InChI is InChI=1S/C12H22O3S/c1-4-5-6-11(12(13)14-3)16-10-7-8-15-9(10)2/h9-11H,4-8H2,1-3H3. The minimum absolute atomic E-state index is 0.0147. The van der Waals surface area contributed by atoms with Crippen molar-refractivity contribution in [3.05, 3.63) is 0 Å². The molecular formula is C12H22O3S. The quantitative estimate of drug-likeness (QED) is 0.675. The lowest BCUT2D eigenvalue weighted by Gasteiger charge is -2.20. The van der Waals surface area contributed by atoms with Crippen molar-refractivity contribution in [3.63, 3.8) is 0 Å². The zero-order valence-electron chi connectivity index (χ0n) is 10.4. The molecule has 1 heterocycles. The van der Waals surface area contributed by atoms with E-state index in [4.69, 9.17) is 9.47 Å². The largest absolute Gasteiger partial charge is 0.468 e. The molecule has 1 fully saturated rings. The van der Waals surface area contributed by atoms with E-state index >= 15 is 0 Å². The van der Waals surface area contributed by atoms with Gasteiger partial charge in [-0.05, 0) is 19.8 Å². The molecule has 0 aromatic rings. The van der Waals surface area contributed by atoms with Gasteiger partial charge in [0.15, 0.2) is 0 Å². The topological polar surface area (TPSA) is 35.5 Å². The summed E-state index contributed by atoms with van der Waals surface area (Å²) < 4.78 is 10.4. The van der Waals surface area contributed by atoms with Gasteiger partial charge in [0.1, 0.15) is 5.25 Å². The van der Waals surface area contributed by atoms with Gasteiger partial charge < -0.3 is 9.47 Å². The van der Waals surface area contributed by atoms with Crippen LogP contribution in [0.4, 0.5) is 0 Å². The third kappa shape index (κ3) is 3.98. The fraction of sp³-hybridized carbons (Fsp3) is 0.917. The van der Waals surface area contributed by atoms with Crippen LogP contribution in [-0.2, 0) is 14.3 Å². The molecule has 0 radical (unpaired) electrons. The number of methoxy groups -OCH3 is 1. The number of carbonyl (C=O) groups is 1. The van der Waals surface area contributed by atoms with Crippen molar-refractivity contribution in [2.45, 2.75) is 56.1 Å². The molecule has 0 aromatic carbocycles. The highest BCUT2D eigenvalue weighted by Crippen LogP contribution is 2.32. The number of ether oxygens (including phenoxy) is 2. The molecule has 1 saturated heterocycles. The van der Waals surface area contributed by atoms with Crippen LogP contribution in [0.1, 0.15) is 39.5 Å². The van der Waals surface area contributed by atoms with Crippen molar-refractivity contribution in [2.24, 2.45) is 0 Å². The maximum absolute atomic E-state index is 11.6. The van der Waals surface area contributed by atoms with Gasteiger partial charge in [0.2, 0.25) is 0 Å². The second-order valence-corrected chi connectivity index (χ2v) is 5.64. The summed E-state index contributed by atoms with van der Waals surface area (Å²) in [5.41, 5.74) is 0. The Labute approximate surface area is 102 Å². The van der Waals surface area contributed by atoms with Gasteiger partial charge in [0, 0.05) is 11.9 Å². The lowest BCUT2D eigenvalue weighted by atomic mass is 10.2. The van der Waals surface area contributed by atoms with E-state index in [9.17, 15) is 4.79 Å². The van der Waals surface area contributed by atoms with Crippen LogP contribution in [0.2, 0.25) is 0 Å². The zero-order valence-corrected chi connectivity index (χ0v) is 11.2. The maximum atomic E-state index is 11.6. The molecule has 3 unspecified atom stereocenters. The highest BCUT2D eigenvalue weighted by atomic mass is 32.2. The van der Waals surface area contributed by atoms with Crippen LogP contribution in [0.25, 0.3) is 0 Å². The normalized spacial score (nSPS) is 26.7. The van der Waals surface area contributed by atoms with Gasteiger partial charge in [-0.1, -0.05) is 19.8 Å². The van der Waals surface area contributed by atoms with Gasteiger partial charge in [-0.15, -0.1) is 11.8 Å². The van der Waals surface area contributed by atoms with Gasteiger partial charge in [-0.2, -0.15) is 0 Å². The predicted molar refractivity (Wildman–Crippen MR) is 66.7 cm³/mol. The van der Waals surface area contributed by atoms with E-state index in [1.807, 2.05) is 0 Å². The van der Waals surface area contributed by atoms with Crippen molar-refractivity contribution in [2.75, 3.05) is 13.7 Å². The van der Waals surface area contributed by atoms with E-state index in [1.165, 1.54) is 7.11 Å². The van der Waals surface area contributed by atoms with Gasteiger partial charge in [-0.3, -0.25) is 4.79 Å². The number of carbonyl (C=O) groups excluding carboxylic acids is 1. The SMILES string of the molecule is CCCCC(SC1CCOC1C)C(=O)OC. The molecule has 1 aliphatic rings. The van der Waals surface area contributed by atoms with Crippen LogP contribution in [-0.4, -0.2) is 36.3 Å². The van der Waals surface area contributed by atoms with Crippen LogP contribution in [0.5, 0.6) is 0 Å². The van der Waals surface area contributed by atoms with Gasteiger partial charge in [0.25, 0.3) is 0 Å². The number of esters is 1. The van der Waals surface area contributed by atoms with E-state index in [0.29, 0.717) is 5.25 Å². The third-order valence-corrected chi connectivity index (χ3v) is 4.65. The Balaban J connectivity index is 2.45. The molecule has 0 spiro atoms. The van der Waals surface area contributed by atoms with Crippen molar-refractivity contribution in [3.8, 4) is 0 Å². The van der Waals surface area contributed by atoms with E-state index in [1.54, 1.807) is 11.8 Å². The van der Waals surface area contributed by atoms with Crippen LogP contribution >= 0.6 is 11.8 Å². The van der Waals surface area contributed by atoms with Crippen LogP contribution < -0.4 is 0 Å². The highest BCUT2D eigenvalue weighted by Gasteiger charge is 2.30. The van der Waals surface area contributed by atoms with Gasteiger partial charge in [-0.25, -0.2) is 0 Å². The molecule has 16 heavy (non-hydrogen) atoms. The fourth-order valence-corrected chi connectivity index (χ4v) is 3.33.